The molecule has 0 bridgehead atoms. The van der Waals surface area contributed by atoms with Crippen LogP contribution in [0, 0.1) is 5.92 Å². The zero-order valence-corrected chi connectivity index (χ0v) is 12.0. The van der Waals surface area contributed by atoms with E-state index in [1.165, 1.54) is 0 Å². The predicted molar refractivity (Wildman–Crippen MR) is 72.6 cm³/mol. The summed E-state index contributed by atoms with van der Waals surface area (Å²) >= 11 is 0. The van der Waals surface area contributed by atoms with E-state index in [0.717, 1.165) is 25.7 Å². The molecule has 1 aliphatic carbocycles. The fourth-order valence-corrected chi connectivity index (χ4v) is 3.27. The van der Waals surface area contributed by atoms with E-state index in [-0.39, 0.29) is 30.6 Å². The van der Waals surface area contributed by atoms with Crippen LogP contribution in [0.5, 0.6) is 0 Å². The molecule has 0 aromatic rings. The van der Waals surface area contributed by atoms with Gasteiger partial charge in [0.15, 0.2) is 0 Å². The number of hydrogen-bond acceptors (Lipinski definition) is 4. The minimum atomic E-state index is -0.391. The second kappa shape index (κ2) is 5.77. The largest absolute Gasteiger partial charge is 0.394 e. The van der Waals surface area contributed by atoms with Crippen LogP contribution in [0.2, 0.25) is 0 Å². The molecule has 0 radical (unpaired) electrons. The van der Waals surface area contributed by atoms with Crippen LogP contribution >= 0.6 is 0 Å². The standard InChI is InChI=1S/C14H26N2O3/c1-14(2)9-16(7-12(8-17)19-14)13(18)10-4-3-5-11(15)6-10/h10-12,17H,3-9,15H2,1-2H3. The number of carbonyl (C=O) groups excluding carboxylic acids is 1. The second-order valence-electron chi connectivity index (χ2n) is 6.52. The van der Waals surface area contributed by atoms with Gasteiger partial charge in [-0.05, 0) is 33.1 Å². The summed E-state index contributed by atoms with van der Waals surface area (Å²) in [7, 11) is 0. The monoisotopic (exact) mass is 270 g/mol. The van der Waals surface area contributed by atoms with Crippen LogP contribution in [0.4, 0.5) is 0 Å². The minimum Gasteiger partial charge on any atom is -0.394 e. The first kappa shape index (κ1) is 14.8. The molecule has 5 heteroatoms. The maximum absolute atomic E-state index is 12.6. The molecular formula is C14H26N2O3. The van der Waals surface area contributed by atoms with Crippen LogP contribution in [-0.4, -0.2) is 53.4 Å². The topological polar surface area (TPSA) is 75.8 Å². The lowest BCUT2D eigenvalue weighted by Gasteiger charge is -2.44. The highest BCUT2D eigenvalue weighted by molar-refractivity contribution is 5.79. The van der Waals surface area contributed by atoms with Gasteiger partial charge in [-0.1, -0.05) is 6.42 Å². The Morgan fingerprint density at radius 1 is 1.47 bits per heavy atom. The highest BCUT2D eigenvalue weighted by Crippen LogP contribution is 2.28. The van der Waals surface area contributed by atoms with E-state index >= 15 is 0 Å². The van der Waals surface area contributed by atoms with E-state index in [2.05, 4.69) is 0 Å². The molecule has 3 N–H and O–H groups in total. The molecule has 0 spiro atoms. The lowest BCUT2D eigenvalue weighted by molar-refractivity contribution is -0.170. The summed E-state index contributed by atoms with van der Waals surface area (Å²) in [6.45, 7) is 4.96. The van der Waals surface area contributed by atoms with Gasteiger partial charge in [-0.15, -0.1) is 0 Å². The van der Waals surface area contributed by atoms with Gasteiger partial charge in [0.05, 0.1) is 18.3 Å². The smallest absolute Gasteiger partial charge is 0.225 e. The summed E-state index contributed by atoms with van der Waals surface area (Å²) < 4.78 is 5.74. The Morgan fingerprint density at radius 2 is 2.21 bits per heavy atom. The van der Waals surface area contributed by atoms with Gasteiger partial charge in [0.25, 0.3) is 0 Å². The molecule has 3 atom stereocenters. The zero-order chi connectivity index (χ0) is 14.0. The minimum absolute atomic E-state index is 0.0443. The number of nitrogens with two attached hydrogens (primary N) is 1. The zero-order valence-electron chi connectivity index (χ0n) is 12.0. The van der Waals surface area contributed by atoms with Gasteiger partial charge in [0.1, 0.15) is 0 Å². The maximum atomic E-state index is 12.6. The average Bonchev–Trinajstić information content (AvgIpc) is 2.36. The quantitative estimate of drug-likeness (QED) is 0.766. The Balaban J connectivity index is 2.01. The first-order chi connectivity index (χ1) is 8.91. The molecule has 1 saturated carbocycles. The Kier molecular flexibility index (Phi) is 4.48. The summed E-state index contributed by atoms with van der Waals surface area (Å²) in [6, 6.07) is 0.158. The fraction of sp³-hybridized carbons (Fsp3) is 0.929. The average molecular weight is 270 g/mol. The van der Waals surface area contributed by atoms with Crippen LogP contribution in [0.25, 0.3) is 0 Å². The summed E-state index contributed by atoms with van der Waals surface area (Å²) in [6.07, 6.45) is 3.52. The van der Waals surface area contributed by atoms with Crippen molar-refractivity contribution in [3.63, 3.8) is 0 Å². The van der Waals surface area contributed by atoms with Gasteiger partial charge < -0.3 is 20.5 Å². The van der Waals surface area contributed by atoms with Crippen molar-refractivity contribution in [1.82, 2.24) is 4.90 Å². The Morgan fingerprint density at radius 3 is 2.84 bits per heavy atom. The first-order valence-electron chi connectivity index (χ1n) is 7.24. The van der Waals surface area contributed by atoms with Crippen molar-refractivity contribution in [3.05, 3.63) is 0 Å². The molecular weight excluding hydrogens is 244 g/mol. The summed E-state index contributed by atoms with van der Waals surface area (Å²) in [5.41, 5.74) is 5.57. The molecule has 3 unspecified atom stereocenters. The summed E-state index contributed by atoms with van der Waals surface area (Å²) in [5.74, 6) is 0.238. The molecule has 110 valence electrons. The van der Waals surface area contributed by atoms with E-state index in [0.29, 0.717) is 13.1 Å². The van der Waals surface area contributed by atoms with Crippen LogP contribution in [-0.2, 0) is 9.53 Å². The molecule has 2 rings (SSSR count). The van der Waals surface area contributed by atoms with E-state index < -0.39 is 5.60 Å². The Hall–Kier alpha value is -0.650. The van der Waals surface area contributed by atoms with Gasteiger partial charge in [-0.3, -0.25) is 4.79 Å². The van der Waals surface area contributed by atoms with Gasteiger partial charge >= 0.3 is 0 Å². The summed E-state index contributed by atoms with van der Waals surface area (Å²) in [4.78, 5) is 14.4. The Labute approximate surface area is 115 Å². The van der Waals surface area contributed by atoms with Gasteiger partial charge in [0.2, 0.25) is 5.91 Å². The number of morpholine rings is 1. The molecule has 5 nitrogen and oxygen atoms in total. The number of carbonyl (C=O) groups is 1. The highest BCUT2D eigenvalue weighted by atomic mass is 16.5. The van der Waals surface area contributed by atoms with E-state index in [9.17, 15) is 9.90 Å². The number of aliphatic hydroxyl groups is 1. The van der Waals surface area contributed by atoms with Crippen molar-refractivity contribution in [2.45, 2.75) is 57.3 Å². The van der Waals surface area contributed by atoms with Gasteiger partial charge in [-0.25, -0.2) is 0 Å². The van der Waals surface area contributed by atoms with Crippen LogP contribution < -0.4 is 5.73 Å². The van der Waals surface area contributed by atoms with Crippen molar-refractivity contribution in [1.29, 1.82) is 0 Å². The predicted octanol–water partition coefficient (Wildman–Crippen LogP) is 0.502. The molecule has 2 aliphatic rings. The van der Waals surface area contributed by atoms with E-state index in [1.54, 1.807) is 0 Å². The fourth-order valence-electron chi connectivity index (χ4n) is 3.27. The highest BCUT2D eigenvalue weighted by Gasteiger charge is 2.38. The van der Waals surface area contributed by atoms with Gasteiger partial charge in [0, 0.05) is 25.0 Å². The number of ether oxygens (including phenoxy) is 1. The third-order valence-electron chi connectivity index (χ3n) is 4.06. The van der Waals surface area contributed by atoms with Crippen LogP contribution in [0.1, 0.15) is 39.5 Å². The lowest BCUT2D eigenvalue weighted by atomic mass is 9.85. The third kappa shape index (κ3) is 3.68. The van der Waals surface area contributed by atoms with Crippen molar-refractivity contribution < 1.29 is 14.6 Å². The molecule has 1 heterocycles. The van der Waals surface area contributed by atoms with Crippen LogP contribution in [0.15, 0.2) is 0 Å². The summed E-state index contributed by atoms with van der Waals surface area (Å²) in [5, 5.41) is 9.29. The van der Waals surface area contributed by atoms with E-state index in [4.69, 9.17) is 10.5 Å². The molecule has 0 aromatic heterocycles. The number of hydrogen-bond donors (Lipinski definition) is 2. The second-order valence-corrected chi connectivity index (χ2v) is 6.52. The molecule has 19 heavy (non-hydrogen) atoms. The molecule has 1 saturated heterocycles. The van der Waals surface area contributed by atoms with Crippen molar-refractivity contribution in [3.8, 4) is 0 Å². The third-order valence-corrected chi connectivity index (χ3v) is 4.06. The Bertz CT molecular complexity index is 333. The molecule has 1 amide bonds. The first-order valence-corrected chi connectivity index (χ1v) is 7.24. The molecule has 2 fully saturated rings. The van der Waals surface area contributed by atoms with Crippen LogP contribution in [0.3, 0.4) is 0 Å². The SMILES string of the molecule is CC1(C)CN(C(=O)C2CCCC(N)C2)CC(CO)O1. The van der Waals surface area contributed by atoms with Crippen molar-refractivity contribution in [2.75, 3.05) is 19.7 Å². The normalized spacial score (nSPS) is 35.2. The van der Waals surface area contributed by atoms with Gasteiger partial charge in [-0.2, -0.15) is 0 Å². The number of aliphatic hydroxyl groups excluding tert-OH is 1. The molecule has 0 aromatic carbocycles. The maximum Gasteiger partial charge on any atom is 0.225 e. The lowest BCUT2D eigenvalue weighted by Crippen LogP contribution is -2.57. The number of rotatable bonds is 2. The van der Waals surface area contributed by atoms with E-state index in [1.807, 2.05) is 18.7 Å². The van der Waals surface area contributed by atoms with Crippen molar-refractivity contribution >= 4 is 5.91 Å². The molecule has 1 aliphatic heterocycles. The number of nitrogens with zero attached hydrogens (tertiary/aromatic N) is 1. The van der Waals surface area contributed by atoms with Crippen molar-refractivity contribution in [2.24, 2.45) is 11.7 Å². The number of amides is 1.